The lowest BCUT2D eigenvalue weighted by molar-refractivity contribution is -0.114. The van der Waals surface area contributed by atoms with Crippen molar-refractivity contribution in [2.24, 2.45) is 0 Å². The Bertz CT molecular complexity index is 1190. The van der Waals surface area contributed by atoms with Crippen LogP contribution in [0.1, 0.15) is 41.6 Å². The van der Waals surface area contributed by atoms with Gasteiger partial charge in [-0.2, -0.15) is 0 Å². The van der Waals surface area contributed by atoms with Gasteiger partial charge >= 0.3 is 0 Å². The van der Waals surface area contributed by atoms with Crippen molar-refractivity contribution in [2.75, 3.05) is 11.6 Å². The predicted octanol–water partition coefficient (Wildman–Crippen LogP) is 4.05. The highest BCUT2D eigenvalue weighted by Gasteiger charge is 2.27. The van der Waals surface area contributed by atoms with Crippen LogP contribution in [0.15, 0.2) is 76.2 Å². The number of amides is 2. The summed E-state index contributed by atoms with van der Waals surface area (Å²) < 4.78 is 28.9. The summed E-state index contributed by atoms with van der Waals surface area (Å²) in [4.78, 5) is 26.3. The first-order valence-corrected chi connectivity index (χ1v) is 11.6. The van der Waals surface area contributed by atoms with Crippen LogP contribution in [0, 0.1) is 0 Å². The molecule has 0 aliphatic rings. The maximum Gasteiger partial charge on any atom is 0.290 e. The number of nitrogens with zero attached hydrogens (tertiary/aromatic N) is 1. The van der Waals surface area contributed by atoms with Crippen LogP contribution in [-0.4, -0.2) is 31.4 Å². The molecule has 0 bridgehead atoms. The molecule has 1 heterocycles. The van der Waals surface area contributed by atoms with Gasteiger partial charge in [0.1, 0.15) is 0 Å². The van der Waals surface area contributed by atoms with Crippen molar-refractivity contribution in [3.05, 3.63) is 83.6 Å². The number of hydrogen-bond acceptors (Lipinski definition) is 5. The van der Waals surface area contributed by atoms with Crippen LogP contribution in [0.25, 0.3) is 0 Å². The smallest absolute Gasteiger partial charge is 0.290 e. The minimum Gasteiger partial charge on any atom is -0.440 e. The first kappa shape index (κ1) is 22.3. The minimum absolute atomic E-state index is 0.0544. The van der Waals surface area contributed by atoms with E-state index in [-0.39, 0.29) is 22.8 Å². The number of carbonyl (C=O) groups excluding carboxylic acids is 2. The summed E-state index contributed by atoms with van der Waals surface area (Å²) in [5.74, 6) is -0.677. The van der Waals surface area contributed by atoms with Crippen LogP contribution in [0.3, 0.4) is 0 Å². The molecule has 1 atom stereocenters. The molecule has 1 aromatic heterocycles. The first-order chi connectivity index (χ1) is 14.6. The summed E-state index contributed by atoms with van der Waals surface area (Å²) in [6, 6.07) is 19.0. The molecule has 0 saturated heterocycles. The molecule has 3 aromatic rings. The normalized spacial score (nSPS) is 12.2. The molecule has 2 aromatic carbocycles. The van der Waals surface area contributed by atoms with Gasteiger partial charge in [0.05, 0.1) is 6.04 Å². The summed E-state index contributed by atoms with van der Waals surface area (Å²) in [5.41, 5.74) is 2.35. The third-order valence-electron chi connectivity index (χ3n) is 4.77. The number of anilines is 1. The molecule has 3 rings (SSSR count). The first-order valence-electron chi connectivity index (χ1n) is 9.67. The Morgan fingerprint density at radius 1 is 1.03 bits per heavy atom. The molecule has 0 spiro atoms. The van der Waals surface area contributed by atoms with E-state index in [1.165, 1.54) is 19.1 Å². The fourth-order valence-corrected chi connectivity index (χ4v) is 3.76. The van der Waals surface area contributed by atoms with Crippen molar-refractivity contribution in [1.82, 2.24) is 4.90 Å². The molecule has 1 unspecified atom stereocenters. The zero-order valence-electron chi connectivity index (χ0n) is 17.5. The number of benzene rings is 2. The predicted molar refractivity (Wildman–Crippen MR) is 117 cm³/mol. The van der Waals surface area contributed by atoms with Crippen molar-refractivity contribution < 1.29 is 22.4 Å². The number of sulfone groups is 1. The van der Waals surface area contributed by atoms with Gasteiger partial charge in [-0.1, -0.05) is 42.5 Å². The molecule has 8 heteroatoms. The average Bonchev–Trinajstić information content (AvgIpc) is 3.22. The van der Waals surface area contributed by atoms with Gasteiger partial charge in [0, 0.05) is 25.4 Å². The Morgan fingerprint density at radius 2 is 1.74 bits per heavy atom. The lowest BCUT2D eigenvalue weighted by atomic mass is 10.0. The van der Waals surface area contributed by atoms with Gasteiger partial charge in [-0.05, 0) is 42.3 Å². The molecule has 0 radical (unpaired) electrons. The fraction of sp³-hybridized carbons (Fsp3) is 0.217. The third kappa shape index (κ3) is 5.61. The highest BCUT2D eigenvalue weighted by Crippen LogP contribution is 2.27. The van der Waals surface area contributed by atoms with Crippen LogP contribution in [-0.2, 0) is 21.2 Å². The Hall–Kier alpha value is -3.39. The van der Waals surface area contributed by atoms with Crippen LogP contribution in [0.5, 0.6) is 0 Å². The molecule has 0 aliphatic heterocycles. The second-order valence-electron chi connectivity index (χ2n) is 7.29. The molecular formula is C23H24N2O5S. The van der Waals surface area contributed by atoms with Crippen molar-refractivity contribution in [1.29, 1.82) is 0 Å². The van der Waals surface area contributed by atoms with Gasteiger partial charge in [-0.15, -0.1) is 0 Å². The van der Waals surface area contributed by atoms with Crippen molar-refractivity contribution in [3.63, 3.8) is 0 Å². The van der Waals surface area contributed by atoms with Crippen LogP contribution < -0.4 is 5.32 Å². The number of hydrogen-bond donors (Lipinski definition) is 1. The number of carbonyl (C=O) groups is 2. The number of furan rings is 1. The van der Waals surface area contributed by atoms with E-state index in [0.717, 1.165) is 17.4 Å². The Labute approximate surface area is 181 Å². The lowest BCUT2D eigenvalue weighted by Crippen LogP contribution is -2.33. The van der Waals surface area contributed by atoms with Gasteiger partial charge in [0.15, 0.2) is 5.76 Å². The lowest BCUT2D eigenvalue weighted by Gasteiger charge is -2.29. The van der Waals surface area contributed by atoms with E-state index < -0.39 is 15.7 Å². The minimum atomic E-state index is -3.57. The second kappa shape index (κ2) is 9.18. The summed E-state index contributed by atoms with van der Waals surface area (Å²) in [5, 5.41) is 2.49. The van der Waals surface area contributed by atoms with Gasteiger partial charge < -0.3 is 14.6 Å². The van der Waals surface area contributed by atoms with Gasteiger partial charge in [0.25, 0.3) is 5.91 Å². The number of nitrogens with one attached hydrogen (secondary N) is 1. The van der Waals surface area contributed by atoms with Crippen LogP contribution in [0.4, 0.5) is 5.69 Å². The van der Waals surface area contributed by atoms with E-state index in [2.05, 4.69) is 5.32 Å². The Morgan fingerprint density at radius 3 is 2.35 bits per heavy atom. The van der Waals surface area contributed by atoms with E-state index >= 15 is 0 Å². The summed E-state index contributed by atoms with van der Waals surface area (Å²) in [6.07, 6.45) is 1.03. The molecule has 1 N–H and O–H groups in total. The van der Waals surface area contributed by atoms with E-state index in [9.17, 15) is 18.0 Å². The molecular weight excluding hydrogens is 416 g/mol. The zero-order valence-corrected chi connectivity index (χ0v) is 18.3. The third-order valence-corrected chi connectivity index (χ3v) is 5.72. The molecule has 162 valence electrons. The second-order valence-corrected chi connectivity index (χ2v) is 9.24. The maximum atomic E-state index is 13.3. The van der Waals surface area contributed by atoms with E-state index in [0.29, 0.717) is 12.2 Å². The topological polar surface area (TPSA) is 96.7 Å². The summed E-state index contributed by atoms with van der Waals surface area (Å²) in [7, 11) is -3.57. The zero-order chi connectivity index (χ0) is 22.6. The van der Waals surface area contributed by atoms with Gasteiger partial charge in [-0.25, -0.2) is 8.42 Å². The monoisotopic (exact) mass is 440 g/mol. The molecule has 0 aliphatic carbocycles. The van der Waals surface area contributed by atoms with E-state index in [4.69, 9.17) is 4.42 Å². The SMILES string of the molecule is CC(=O)Nc1cccc(C(C)N(Cc2ccccc2)C(=O)c2ccc(S(C)(=O)=O)o2)c1. The fourth-order valence-electron chi connectivity index (χ4n) is 3.20. The van der Waals surface area contributed by atoms with Crippen LogP contribution >= 0.6 is 0 Å². The average molecular weight is 441 g/mol. The molecule has 7 nitrogen and oxygen atoms in total. The number of rotatable bonds is 7. The van der Waals surface area contributed by atoms with Gasteiger partial charge in [0.2, 0.25) is 20.8 Å². The van der Waals surface area contributed by atoms with Crippen LogP contribution in [0.2, 0.25) is 0 Å². The quantitative estimate of drug-likeness (QED) is 0.598. The van der Waals surface area contributed by atoms with E-state index in [1.807, 2.05) is 43.3 Å². The Balaban J connectivity index is 1.97. The summed E-state index contributed by atoms with van der Waals surface area (Å²) >= 11 is 0. The largest absolute Gasteiger partial charge is 0.440 e. The highest BCUT2D eigenvalue weighted by molar-refractivity contribution is 7.90. The molecule has 31 heavy (non-hydrogen) atoms. The molecule has 0 saturated carbocycles. The summed E-state index contributed by atoms with van der Waals surface area (Å²) in [6.45, 7) is 3.59. The van der Waals surface area contributed by atoms with E-state index in [1.54, 1.807) is 23.1 Å². The molecule has 0 fully saturated rings. The molecule has 2 amide bonds. The Kier molecular flexibility index (Phi) is 6.60. The van der Waals surface area contributed by atoms with Crippen molar-refractivity contribution >= 4 is 27.3 Å². The maximum absolute atomic E-state index is 13.3. The highest BCUT2D eigenvalue weighted by atomic mass is 32.2. The van der Waals surface area contributed by atoms with Crippen molar-refractivity contribution in [2.45, 2.75) is 31.5 Å². The standard InChI is InChI=1S/C23H24N2O5S/c1-16(19-10-7-11-20(14-19)24-17(2)26)25(15-18-8-5-4-6-9-18)23(27)21-12-13-22(30-21)31(3,28)29/h4-14,16H,15H2,1-3H3,(H,24,26). The van der Waals surface area contributed by atoms with Gasteiger partial charge in [-0.3, -0.25) is 9.59 Å². The van der Waals surface area contributed by atoms with Crippen molar-refractivity contribution in [3.8, 4) is 0 Å².